The lowest BCUT2D eigenvalue weighted by atomic mass is 10.1. The van der Waals surface area contributed by atoms with E-state index in [9.17, 15) is 13.2 Å². The van der Waals surface area contributed by atoms with Gasteiger partial charge in [0.25, 0.3) is 0 Å². The second-order valence-corrected chi connectivity index (χ2v) is 7.87. The molecule has 0 spiro atoms. The molecule has 0 saturated carbocycles. The van der Waals surface area contributed by atoms with Crippen LogP contribution in [-0.4, -0.2) is 37.0 Å². The van der Waals surface area contributed by atoms with Crippen molar-refractivity contribution in [3.05, 3.63) is 29.8 Å². The van der Waals surface area contributed by atoms with E-state index in [0.717, 1.165) is 6.26 Å². The number of benzene rings is 1. The number of carbonyl (C=O) groups is 1. The Balaban J connectivity index is 2.76. The zero-order chi connectivity index (χ0) is 17.0. The number of para-hydroxylation sites is 1. The van der Waals surface area contributed by atoms with E-state index in [0.29, 0.717) is 11.3 Å². The molecule has 0 heterocycles. The monoisotopic (exact) mass is 323 g/mol. The zero-order valence-corrected chi connectivity index (χ0v) is 14.1. The van der Waals surface area contributed by atoms with Gasteiger partial charge in [-0.15, -0.1) is 0 Å². The fourth-order valence-corrected chi connectivity index (χ4v) is 3.52. The lowest BCUT2D eigenvalue weighted by Gasteiger charge is -2.33. The minimum Gasteiger partial charge on any atom is -0.325 e. The minimum atomic E-state index is -3.40. The van der Waals surface area contributed by atoms with Crippen molar-refractivity contribution in [3.8, 4) is 6.07 Å². The molecule has 120 valence electrons. The van der Waals surface area contributed by atoms with Gasteiger partial charge in [-0.3, -0.25) is 4.79 Å². The summed E-state index contributed by atoms with van der Waals surface area (Å²) in [5, 5.41) is 11.6. The third kappa shape index (κ3) is 5.13. The smallest absolute Gasteiger partial charge is 0.225 e. The fraction of sp³-hybridized carbons (Fsp3) is 0.467. The van der Waals surface area contributed by atoms with Crippen LogP contribution in [0.15, 0.2) is 24.3 Å². The van der Waals surface area contributed by atoms with E-state index in [1.807, 2.05) is 6.07 Å². The zero-order valence-electron chi connectivity index (χ0n) is 13.3. The normalized spacial score (nSPS) is 12.0. The van der Waals surface area contributed by atoms with Crippen molar-refractivity contribution < 1.29 is 13.2 Å². The number of carbonyl (C=O) groups excluding carboxylic acids is 1. The van der Waals surface area contributed by atoms with Crippen molar-refractivity contribution in [2.75, 3.05) is 18.1 Å². The first-order valence-corrected chi connectivity index (χ1v) is 8.67. The molecule has 0 bridgehead atoms. The third-order valence-corrected chi connectivity index (χ3v) is 4.54. The average Bonchev–Trinajstić information content (AvgIpc) is 2.36. The predicted molar refractivity (Wildman–Crippen MR) is 85.7 cm³/mol. The van der Waals surface area contributed by atoms with Crippen LogP contribution in [-0.2, 0) is 14.8 Å². The van der Waals surface area contributed by atoms with Gasteiger partial charge < -0.3 is 5.32 Å². The van der Waals surface area contributed by atoms with E-state index >= 15 is 0 Å². The van der Waals surface area contributed by atoms with Gasteiger partial charge in [0.1, 0.15) is 6.07 Å². The van der Waals surface area contributed by atoms with Gasteiger partial charge in [-0.1, -0.05) is 12.1 Å². The molecule has 1 amide bonds. The molecule has 0 radical (unpaired) electrons. The number of nitriles is 1. The highest BCUT2D eigenvalue weighted by molar-refractivity contribution is 7.88. The van der Waals surface area contributed by atoms with Gasteiger partial charge in [0.15, 0.2) is 0 Å². The largest absolute Gasteiger partial charge is 0.325 e. The van der Waals surface area contributed by atoms with Crippen LogP contribution in [0, 0.1) is 11.3 Å². The van der Waals surface area contributed by atoms with Crippen molar-refractivity contribution in [2.24, 2.45) is 0 Å². The van der Waals surface area contributed by atoms with Crippen molar-refractivity contribution in [3.63, 3.8) is 0 Å². The van der Waals surface area contributed by atoms with Gasteiger partial charge in [-0.2, -0.15) is 9.57 Å². The summed E-state index contributed by atoms with van der Waals surface area (Å²) >= 11 is 0. The molecule has 22 heavy (non-hydrogen) atoms. The first-order chi connectivity index (χ1) is 10.1. The fourth-order valence-electron chi connectivity index (χ4n) is 2.10. The molecule has 0 aliphatic rings. The van der Waals surface area contributed by atoms with Gasteiger partial charge in [-0.25, -0.2) is 8.42 Å². The molecule has 1 rings (SSSR count). The number of sulfonamides is 1. The predicted octanol–water partition coefficient (Wildman–Crippen LogP) is 1.95. The number of hydrogen-bond acceptors (Lipinski definition) is 4. The van der Waals surface area contributed by atoms with Gasteiger partial charge in [0, 0.05) is 18.5 Å². The van der Waals surface area contributed by atoms with E-state index in [4.69, 9.17) is 5.26 Å². The molecule has 1 N–H and O–H groups in total. The van der Waals surface area contributed by atoms with Crippen LogP contribution in [0.5, 0.6) is 0 Å². The van der Waals surface area contributed by atoms with Crippen LogP contribution < -0.4 is 5.32 Å². The Kier molecular flexibility index (Phi) is 5.69. The molecule has 0 atom stereocenters. The van der Waals surface area contributed by atoms with Crippen LogP contribution >= 0.6 is 0 Å². The SMILES string of the molecule is CC(C)(C)N(CCC(=O)Nc1ccccc1C#N)S(C)(=O)=O. The Bertz CT molecular complexity index is 685. The maximum atomic E-state index is 12.0. The molecule has 0 aliphatic carbocycles. The van der Waals surface area contributed by atoms with Gasteiger partial charge in [-0.05, 0) is 32.9 Å². The number of hydrogen-bond donors (Lipinski definition) is 1. The summed E-state index contributed by atoms with van der Waals surface area (Å²) in [6.07, 6.45) is 1.14. The number of amides is 1. The third-order valence-electron chi connectivity index (χ3n) is 3.01. The molecule has 1 aromatic rings. The molecular formula is C15H21N3O3S. The van der Waals surface area contributed by atoms with Crippen LogP contribution in [0.1, 0.15) is 32.8 Å². The summed E-state index contributed by atoms with van der Waals surface area (Å²) in [6.45, 7) is 5.41. The van der Waals surface area contributed by atoms with Crippen molar-refractivity contribution in [1.82, 2.24) is 4.31 Å². The summed E-state index contributed by atoms with van der Waals surface area (Å²) in [6, 6.07) is 8.66. The van der Waals surface area contributed by atoms with Crippen molar-refractivity contribution in [2.45, 2.75) is 32.7 Å². The van der Waals surface area contributed by atoms with Crippen LogP contribution in [0.3, 0.4) is 0 Å². The van der Waals surface area contributed by atoms with E-state index in [2.05, 4.69) is 5.32 Å². The number of nitrogens with zero attached hydrogens (tertiary/aromatic N) is 2. The lowest BCUT2D eigenvalue weighted by Crippen LogP contribution is -2.46. The Morgan fingerprint density at radius 2 is 1.91 bits per heavy atom. The van der Waals surface area contributed by atoms with E-state index in [-0.39, 0.29) is 18.9 Å². The quantitative estimate of drug-likeness (QED) is 0.896. The van der Waals surface area contributed by atoms with E-state index < -0.39 is 15.6 Å². The molecule has 0 saturated heterocycles. The summed E-state index contributed by atoms with van der Waals surface area (Å²) in [5.74, 6) is -0.333. The number of anilines is 1. The highest BCUT2D eigenvalue weighted by atomic mass is 32.2. The molecule has 1 aromatic carbocycles. The van der Waals surface area contributed by atoms with Crippen molar-refractivity contribution in [1.29, 1.82) is 5.26 Å². The van der Waals surface area contributed by atoms with Gasteiger partial charge in [0.2, 0.25) is 15.9 Å². The minimum absolute atomic E-state index is 0.0180. The van der Waals surface area contributed by atoms with Crippen LogP contribution in [0.25, 0.3) is 0 Å². The molecular weight excluding hydrogens is 302 g/mol. The molecule has 0 aromatic heterocycles. The molecule has 0 unspecified atom stereocenters. The number of rotatable bonds is 5. The Labute approximate surface area is 131 Å². The first-order valence-electron chi connectivity index (χ1n) is 6.82. The summed E-state index contributed by atoms with van der Waals surface area (Å²) in [5.41, 5.74) is 0.196. The summed E-state index contributed by atoms with van der Waals surface area (Å²) in [4.78, 5) is 12.0. The molecule has 0 fully saturated rings. The lowest BCUT2D eigenvalue weighted by molar-refractivity contribution is -0.116. The molecule has 7 heteroatoms. The topological polar surface area (TPSA) is 90.3 Å². The van der Waals surface area contributed by atoms with Crippen LogP contribution in [0.2, 0.25) is 0 Å². The maximum Gasteiger partial charge on any atom is 0.225 e. The number of nitrogens with one attached hydrogen (secondary N) is 1. The molecule has 0 aliphatic heterocycles. The molecule has 6 nitrogen and oxygen atoms in total. The van der Waals surface area contributed by atoms with Gasteiger partial charge in [0.05, 0.1) is 17.5 Å². The Morgan fingerprint density at radius 3 is 2.41 bits per heavy atom. The first kappa shape index (κ1) is 18.1. The van der Waals surface area contributed by atoms with Crippen LogP contribution in [0.4, 0.5) is 5.69 Å². The summed E-state index contributed by atoms with van der Waals surface area (Å²) in [7, 11) is -3.40. The Morgan fingerprint density at radius 1 is 1.32 bits per heavy atom. The maximum absolute atomic E-state index is 12.0. The standard InChI is InChI=1S/C15H21N3O3S/c1-15(2,3)18(22(4,20)21)10-9-14(19)17-13-8-6-5-7-12(13)11-16/h5-8H,9-10H2,1-4H3,(H,17,19). The average molecular weight is 323 g/mol. The highest BCUT2D eigenvalue weighted by Gasteiger charge is 2.29. The highest BCUT2D eigenvalue weighted by Crippen LogP contribution is 2.18. The summed E-state index contributed by atoms with van der Waals surface area (Å²) < 4.78 is 24.9. The van der Waals surface area contributed by atoms with E-state index in [1.165, 1.54) is 4.31 Å². The second-order valence-electron chi connectivity index (χ2n) is 5.96. The van der Waals surface area contributed by atoms with Crippen molar-refractivity contribution >= 4 is 21.6 Å². The van der Waals surface area contributed by atoms with E-state index in [1.54, 1.807) is 45.0 Å². The Hall–Kier alpha value is -1.91. The van der Waals surface area contributed by atoms with Gasteiger partial charge >= 0.3 is 0 Å². The second kappa shape index (κ2) is 6.90.